The molecule has 112 valence electrons. The second kappa shape index (κ2) is 6.89. The van der Waals surface area contributed by atoms with Crippen molar-refractivity contribution in [3.05, 3.63) is 29.8 Å². The zero-order valence-corrected chi connectivity index (χ0v) is 14.6. The molecule has 20 heavy (non-hydrogen) atoms. The van der Waals surface area contributed by atoms with Gasteiger partial charge in [-0.2, -0.15) is 0 Å². The molecule has 0 aliphatic carbocycles. The van der Waals surface area contributed by atoms with E-state index in [9.17, 15) is 10.0 Å². The predicted molar refractivity (Wildman–Crippen MR) is 87.6 cm³/mol. The lowest BCUT2D eigenvalue weighted by atomic mass is 9.73. The van der Waals surface area contributed by atoms with E-state index in [0.29, 0.717) is 11.4 Å². The minimum atomic E-state index is -1.42. The van der Waals surface area contributed by atoms with Gasteiger partial charge >= 0.3 is 7.12 Å². The Hall–Kier alpha value is -0.618. The summed E-state index contributed by atoms with van der Waals surface area (Å²) in [6.07, 6.45) is 0.0408. The molecule has 3 nitrogen and oxygen atoms in total. The van der Waals surface area contributed by atoms with Crippen LogP contribution in [0.15, 0.2) is 24.3 Å². The third kappa shape index (κ3) is 4.19. The molecule has 0 heterocycles. The first-order chi connectivity index (χ1) is 9.16. The standard InChI is InChI=1S/C15H27BO3Si/c1-11(2)15(3,4)14(19-20(5)6)12-7-9-13(10-8-12)16(17)18/h7-11,14,17-18,20H,1-6H3. The maximum atomic E-state index is 9.18. The van der Waals surface area contributed by atoms with Crippen molar-refractivity contribution in [1.29, 1.82) is 0 Å². The van der Waals surface area contributed by atoms with Gasteiger partial charge in [0.25, 0.3) is 0 Å². The van der Waals surface area contributed by atoms with Crippen molar-refractivity contribution in [2.75, 3.05) is 0 Å². The van der Waals surface area contributed by atoms with E-state index in [0.717, 1.165) is 5.56 Å². The van der Waals surface area contributed by atoms with Gasteiger partial charge in [0.2, 0.25) is 0 Å². The molecule has 0 bridgehead atoms. The maximum absolute atomic E-state index is 9.18. The van der Waals surface area contributed by atoms with Gasteiger partial charge in [0.1, 0.15) is 0 Å². The first-order valence-electron chi connectivity index (χ1n) is 7.27. The van der Waals surface area contributed by atoms with E-state index >= 15 is 0 Å². The molecule has 1 aromatic carbocycles. The van der Waals surface area contributed by atoms with Gasteiger partial charge in [0.05, 0.1) is 6.10 Å². The molecule has 1 aromatic rings. The van der Waals surface area contributed by atoms with Crippen LogP contribution in [0, 0.1) is 11.3 Å². The monoisotopic (exact) mass is 294 g/mol. The second-order valence-electron chi connectivity index (χ2n) is 6.58. The summed E-state index contributed by atoms with van der Waals surface area (Å²) in [6.45, 7) is 13.2. The summed E-state index contributed by atoms with van der Waals surface area (Å²) in [5.74, 6) is 0.489. The van der Waals surface area contributed by atoms with E-state index in [-0.39, 0.29) is 11.5 Å². The summed E-state index contributed by atoms with van der Waals surface area (Å²) in [4.78, 5) is 0. The average Bonchev–Trinajstić information content (AvgIpc) is 2.35. The minimum Gasteiger partial charge on any atom is -0.423 e. The van der Waals surface area contributed by atoms with Gasteiger partial charge in [0.15, 0.2) is 9.04 Å². The SMILES string of the molecule is CC(C)C(C)(C)C(O[SiH](C)C)c1ccc(B(O)O)cc1. The van der Waals surface area contributed by atoms with Gasteiger partial charge in [-0.05, 0) is 35.5 Å². The van der Waals surface area contributed by atoms with Crippen molar-refractivity contribution in [2.45, 2.75) is 46.9 Å². The van der Waals surface area contributed by atoms with Crippen LogP contribution < -0.4 is 5.46 Å². The first-order valence-corrected chi connectivity index (χ1v) is 10.1. The third-order valence-corrected chi connectivity index (χ3v) is 4.93. The average molecular weight is 294 g/mol. The molecule has 0 aliphatic rings. The number of hydrogen-bond donors (Lipinski definition) is 2. The van der Waals surface area contributed by atoms with Crippen LogP contribution in [-0.2, 0) is 4.43 Å². The molecule has 0 amide bonds. The van der Waals surface area contributed by atoms with E-state index < -0.39 is 16.2 Å². The third-order valence-electron chi connectivity index (χ3n) is 4.11. The molecule has 0 spiro atoms. The first kappa shape index (κ1) is 17.4. The Balaban J connectivity index is 3.11. The molecule has 1 atom stereocenters. The second-order valence-corrected chi connectivity index (χ2v) is 8.95. The fourth-order valence-corrected chi connectivity index (χ4v) is 3.15. The van der Waals surface area contributed by atoms with Gasteiger partial charge in [-0.1, -0.05) is 52.0 Å². The molecule has 5 heteroatoms. The molecule has 2 N–H and O–H groups in total. The van der Waals surface area contributed by atoms with Gasteiger partial charge in [-0.3, -0.25) is 0 Å². The van der Waals surface area contributed by atoms with Crippen molar-refractivity contribution in [3.8, 4) is 0 Å². The zero-order valence-electron chi connectivity index (χ0n) is 13.4. The summed E-state index contributed by atoms with van der Waals surface area (Å²) in [7, 11) is -2.59. The highest BCUT2D eigenvalue weighted by Crippen LogP contribution is 2.42. The van der Waals surface area contributed by atoms with Crippen LogP contribution >= 0.6 is 0 Å². The molecular formula is C15H27BO3Si. The lowest BCUT2D eigenvalue weighted by Crippen LogP contribution is -2.33. The topological polar surface area (TPSA) is 49.7 Å². The molecule has 0 aromatic heterocycles. The summed E-state index contributed by atoms with van der Waals surface area (Å²) in [5.41, 5.74) is 1.64. The maximum Gasteiger partial charge on any atom is 0.488 e. The molecule has 0 aliphatic heterocycles. The lowest BCUT2D eigenvalue weighted by Gasteiger charge is -2.39. The van der Waals surface area contributed by atoms with Crippen molar-refractivity contribution < 1.29 is 14.5 Å². The van der Waals surface area contributed by atoms with Crippen LogP contribution in [0.5, 0.6) is 0 Å². The van der Waals surface area contributed by atoms with Gasteiger partial charge in [0, 0.05) is 0 Å². The predicted octanol–water partition coefficient (Wildman–Crippen LogP) is 2.09. The molecular weight excluding hydrogens is 267 g/mol. The Labute approximate surface area is 124 Å². The van der Waals surface area contributed by atoms with Crippen molar-refractivity contribution in [3.63, 3.8) is 0 Å². The number of hydrogen-bond acceptors (Lipinski definition) is 3. The van der Waals surface area contributed by atoms with Gasteiger partial charge in [-0.25, -0.2) is 0 Å². The van der Waals surface area contributed by atoms with E-state index in [2.05, 4.69) is 40.8 Å². The Morgan fingerprint density at radius 2 is 1.60 bits per heavy atom. The van der Waals surface area contributed by atoms with Gasteiger partial charge in [-0.15, -0.1) is 0 Å². The Morgan fingerprint density at radius 1 is 1.10 bits per heavy atom. The van der Waals surface area contributed by atoms with Crippen LogP contribution in [0.3, 0.4) is 0 Å². The summed E-state index contributed by atoms with van der Waals surface area (Å²) in [6, 6.07) is 7.41. The van der Waals surface area contributed by atoms with Crippen molar-refractivity contribution >= 4 is 21.6 Å². The Bertz CT molecular complexity index is 416. The quantitative estimate of drug-likeness (QED) is 0.790. The zero-order chi connectivity index (χ0) is 15.5. The van der Waals surface area contributed by atoms with Crippen LogP contribution in [-0.4, -0.2) is 26.2 Å². The Kier molecular flexibility index (Phi) is 6.01. The number of rotatable bonds is 6. The summed E-state index contributed by atoms with van der Waals surface area (Å²) in [5, 5.41) is 18.4. The van der Waals surface area contributed by atoms with Crippen LogP contribution in [0.25, 0.3) is 0 Å². The normalized spacial score (nSPS) is 13.9. The highest BCUT2D eigenvalue weighted by atomic mass is 28.3. The van der Waals surface area contributed by atoms with E-state index in [4.69, 9.17) is 4.43 Å². The van der Waals surface area contributed by atoms with E-state index in [1.807, 2.05) is 12.1 Å². The van der Waals surface area contributed by atoms with Crippen LogP contribution in [0.2, 0.25) is 13.1 Å². The Morgan fingerprint density at radius 3 is 1.95 bits per heavy atom. The molecule has 1 rings (SSSR count). The van der Waals surface area contributed by atoms with Crippen LogP contribution in [0.1, 0.15) is 39.4 Å². The smallest absolute Gasteiger partial charge is 0.423 e. The fraction of sp³-hybridized carbons (Fsp3) is 0.600. The molecule has 0 fully saturated rings. The molecule has 1 unspecified atom stereocenters. The van der Waals surface area contributed by atoms with E-state index in [1.165, 1.54) is 0 Å². The highest BCUT2D eigenvalue weighted by Gasteiger charge is 2.35. The highest BCUT2D eigenvalue weighted by molar-refractivity contribution is 6.58. The molecule has 0 radical (unpaired) electrons. The van der Waals surface area contributed by atoms with Crippen LogP contribution in [0.4, 0.5) is 0 Å². The fourth-order valence-electron chi connectivity index (χ4n) is 2.10. The summed E-state index contributed by atoms with van der Waals surface area (Å²) < 4.78 is 6.28. The summed E-state index contributed by atoms with van der Waals surface area (Å²) >= 11 is 0. The van der Waals surface area contributed by atoms with Gasteiger partial charge < -0.3 is 14.5 Å². The van der Waals surface area contributed by atoms with E-state index in [1.54, 1.807) is 12.1 Å². The van der Waals surface area contributed by atoms with Crippen molar-refractivity contribution in [1.82, 2.24) is 0 Å². The lowest BCUT2D eigenvalue weighted by molar-refractivity contribution is 0.0352. The molecule has 0 saturated carbocycles. The number of benzene rings is 1. The molecule has 0 saturated heterocycles. The van der Waals surface area contributed by atoms with Crippen molar-refractivity contribution in [2.24, 2.45) is 11.3 Å². The largest absolute Gasteiger partial charge is 0.488 e. The minimum absolute atomic E-state index is 0.0244.